The van der Waals surface area contributed by atoms with Crippen molar-refractivity contribution in [1.29, 1.82) is 0 Å². The number of ether oxygens (including phenoxy) is 1. The number of hydrogen-bond acceptors (Lipinski definition) is 2. The van der Waals surface area contributed by atoms with Crippen molar-refractivity contribution in [2.24, 2.45) is 39.4 Å². The molecule has 4 aliphatic carbocycles. The second-order valence-electron chi connectivity index (χ2n) is 19.0. The highest BCUT2D eigenvalue weighted by Gasteiger charge is 2.63. The van der Waals surface area contributed by atoms with E-state index in [1.807, 2.05) is 11.1 Å². The van der Waals surface area contributed by atoms with Gasteiger partial charge in [0, 0.05) is 11.8 Å². The number of carbonyl (C=O) groups excluding carboxylic acids is 1. The van der Waals surface area contributed by atoms with E-state index in [1.54, 1.807) is 0 Å². The first-order valence-electron chi connectivity index (χ1n) is 21.7. The lowest BCUT2D eigenvalue weighted by Gasteiger charge is -2.62. The maximum absolute atomic E-state index is 13.1. The molecule has 0 saturated heterocycles. The van der Waals surface area contributed by atoms with Crippen molar-refractivity contribution < 1.29 is 9.53 Å². The Kier molecular flexibility index (Phi) is 15.2. The summed E-state index contributed by atoms with van der Waals surface area (Å²) < 4.78 is 6.37. The summed E-state index contributed by atoms with van der Waals surface area (Å²) in [6, 6.07) is 0. The summed E-state index contributed by atoms with van der Waals surface area (Å²) in [5.74, 6) is 2.26. The van der Waals surface area contributed by atoms with E-state index in [0.717, 1.165) is 37.5 Å². The molecule has 0 aliphatic heterocycles. The normalized spacial score (nSPS) is 32.5. The summed E-state index contributed by atoms with van der Waals surface area (Å²) in [7, 11) is 0. The highest BCUT2D eigenvalue weighted by Crippen LogP contribution is 2.72. The van der Waals surface area contributed by atoms with Crippen molar-refractivity contribution in [1.82, 2.24) is 0 Å². The van der Waals surface area contributed by atoms with Crippen molar-refractivity contribution in [3.63, 3.8) is 0 Å². The van der Waals surface area contributed by atoms with Gasteiger partial charge in [-0.3, -0.25) is 4.79 Å². The molecule has 0 radical (unpaired) electrons. The summed E-state index contributed by atoms with van der Waals surface area (Å²) in [6.45, 7) is 22.2. The molecular formula is C48H80O2. The Bertz CT molecular complexity index is 1210. The molecule has 0 heterocycles. The molecule has 0 N–H and O–H groups in total. The van der Waals surface area contributed by atoms with E-state index < -0.39 is 0 Å². The van der Waals surface area contributed by atoms with Crippen LogP contribution in [0.1, 0.15) is 204 Å². The summed E-state index contributed by atoms with van der Waals surface area (Å²) in [5.41, 5.74) is 6.20. The molecule has 4 aliphatic rings. The largest absolute Gasteiger partial charge is 0.462 e. The van der Waals surface area contributed by atoms with Crippen LogP contribution in [0.5, 0.6) is 0 Å². The first-order valence-corrected chi connectivity index (χ1v) is 21.7. The van der Waals surface area contributed by atoms with Crippen LogP contribution in [0.15, 0.2) is 47.1 Å². The Labute approximate surface area is 310 Å². The van der Waals surface area contributed by atoms with Gasteiger partial charge in [-0.2, -0.15) is 0 Å². The van der Waals surface area contributed by atoms with Crippen LogP contribution in [-0.4, -0.2) is 12.1 Å². The molecule has 2 nitrogen and oxygen atoms in total. The van der Waals surface area contributed by atoms with Crippen LogP contribution in [0.2, 0.25) is 0 Å². The van der Waals surface area contributed by atoms with E-state index in [2.05, 4.69) is 92.7 Å². The lowest BCUT2D eigenvalue weighted by atomic mass is 9.43. The minimum Gasteiger partial charge on any atom is -0.462 e. The van der Waals surface area contributed by atoms with E-state index in [9.17, 15) is 4.79 Å². The zero-order valence-corrected chi connectivity index (χ0v) is 34.6. The monoisotopic (exact) mass is 689 g/mol. The number of carbonyl (C=O) groups is 1. The third-order valence-electron chi connectivity index (χ3n) is 15.2. The van der Waals surface area contributed by atoms with Crippen molar-refractivity contribution >= 4 is 5.97 Å². The molecular weight excluding hydrogens is 609 g/mol. The molecule has 0 aromatic rings. The summed E-state index contributed by atoms with van der Waals surface area (Å²) in [4.78, 5) is 13.1. The van der Waals surface area contributed by atoms with E-state index in [-0.39, 0.29) is 22.9 Å². The molecule has 284 valence electrons. The minimum absolute atomic E-state index is 0.0128. The average molecular weight is 689 g/mol. The van der Waals surface area contributed by atoms with Gasteiger partial charge in [0.05, 0.1) is 0 Å². The quantitative estimate of drug-likeness (QED) is 0.0767. The highest BCUT2D eigenvalue weighted by atomic mass is 16.5. The zero-order valence-electron chi connectivity index (χ0n) is 34.6. The summed E-state index contributed by atoms with van der Waals surface area (Å²) >= 11 is 0. The van der Waals surface area contributed by atoms with E-state index in [4.69, 9.17) is 4.74 Å². The molecule has 50 heavy (non-hydrogen) atoms. The third-order valence-corrected chi connectivity index (χ3v) is 15.2. The summed E-state index contributed by atoms with van der Waals surface area (Å²) in [5, 5.41) is 0. The second-order valence-corrected chi connectivity index (χ2v) is 19.0. The van der Waals surface area contributed by atoms with Crippen LogP contribution < -0.4 is 0 Å². The topological polar surface area (TPSA) is 26.3 Å². The molecule has 0 aromatic carbocycles. The molecule has 0 spiro atoms. The fourth-order valence-electron chi connectivity index (χ4n) is 12.0. The minimum atomic E-state index is 0.0128. The van der Waals surface area contributed by atoms with Gasteiger partial charge in [-0.05, 0) is 151 Å². The van der Waals surface area contributed by atoms with E-state index in [0.29, 0.717) is 23.2 Å². The van der Waals surface area contributed by atoms with Crippen LogP contribution in [-0.2, 0) is 9.53 Å². The van der Waals surface area contributed by atoms with Crippen molar-refractivity contribution in [3.05, 3.63) is 47.1 Å². The van der Waals surface area contributed by atoms with E-state index in [1.165, 1.54) is 115 Å². The standard InChI is InChI=1S/C48H80O2/c1-10-11-12-13-14-15-16-17-18-19-20-21-22-23-24-28-44(49)50-43-33-34-46(7)40-32-36-47(8)39(38(4)27-25-26-37(2)3)31-35-48(47,9)41(40)29-30-42(46)45(43,5)6/h14-15,17-18,26,38-39,42-43H,10-13,16,19-25,27-36H2,1-9H3/b15-14-,18-17-/t38-,39-,42?,43?,46-,47-,48+/m1/s1. The number of hydrogen-bond donors (Lipinski definition) is 0. The molecule has 2 fully saturated rings. The van der Waals surface area contributed by atoms with Gasteiger partial charge in [-0.1, -0.05) is 128 Å². The Balaban J connectivity index is 1.23. The van der Waals surface area contributed by atoms with Crippen LogP contribution in [0.4, 0.5) is 0 Å². The fraction of sp³-hybridized carbons (Fsp3) is 0.812. The van der Waals surface area contributed by atoms with Crippen molar-refractivity contribution in [2.45, 2.75) is 210 Å². The van der Waals surface area contributed by atoms with Crippen molar-refractivity contribution in [3.8, 4) is 0 Å². The van der Waals surface area contributed by atoms with Gasteiger partial charge in [-0.15, -0.1) is 0 Å². The lowest BCUT2D eigenvalue weighted by Crippen LogP contribution is -2.55. The molecule has 4 rings (SSSR count). The fourth-order valence-corrected chi connectivity index (χ4v) is 12.0. The highest BCUT2D eigenvalue weighted by molar-refractivity contribution is 5.69. The van der Waals surface area contributed by atoms with Crippen molar-refractivity contribution in [2.75, 3.05) is 0 Å². The Morgan fingerprint density at radius 1 is 0.780 bits per heavy atom. The molecule has 0 aromatic heterocycles. The SMILES string of the molecule is CCCCC/C=C\C/C=C\CCCCCCCC(=O)OC1CC[C@]2(C)C3=C(CCC2C1(C)C)[C@]1(C)CC[C@H]([C@H](C)CCC=C(C)C)[C@@]1(C)CC3. The smallest absolute Gasteiger partial charge is 0.306 e. The Morgan fingerprint density at radius 2 is 1.46 bits per heavy atom. The molecule has 7 atom stereocenters. The number of fused-ring (bicyclic) bond motifs is 4. The maximum Gasteiger partial charge on any atom is 0.306 e. The second kappa shape index (κ2) is 18.5. The molecule has 2 saturated carbocycles. The molecule has 0 amide bonds. The van der Waals surface area contributed by atoms with Gasteiger partial charge in [-0.25, -0.2) is 0 Å². The number of rotatable bonds is 19. The van der Waals surface area contributed by atoms with Gasteiger partial charge in [0.2, 0.25) is 0 Å². The van der Waals surface area contributed by atoms with Gasteiger partial charge >= 0.3 is 5.97 Å². The van der Waals surface area contributed by atoms with Crippen LogP contribution in [0, 0.1) is 39.4 Å². The van der Waals surface area contributed by atoms with Crippen LogP contribution in [0.25, 0.3) is 0 Å². The first kappa shape index (κ1) is 41.2. The molecule has 0 bridgehead atoms. The summed E-state index contributed by atoms with van der Waals surface area (Å²) in [6.07, 6.45) is 38.4. The van der Waals surface area contributed by atoms with Gasteiger partial charge < -0.3 is 4.74 Å². The zero-order chi connectivity index (χ0) is 36.4. The number of allylic oxidation sites excluding steroid dienone is 8. The third kappa shape index (κ3) is 9.31. The Hall–Kier alpha value is -1.57. The molecule has 2 heteroatoms. The Morgan fingerprint density at radius 3 is 2.16 bits per heavy atom. The van der Waals surface area contributed by atoms with Gasteiger partial charge in [0.15, 0.2) is 0 Å². The first-order chi connectivity index (χ1) is 23.8. The number of esters is 1. The molecule has 2 unspecified atom stereocenters. The van der Waals surface area contributed by atoms with Gasteiger partial charge in [0.25, 0.3) is 0 Å². The van der Waals surface area contributed by atoms with Gasteiger partial charge in [0.1, 0.15) is 6.10 Å². The predicted molar refractivity (Wildman–Crippen MR) is 216 cm³/mol. The van der Waals surface area contributed by atoms with Crippen LogP contribution in [0.3, 0.4) is 0 Å². The van der Waals surface area contributed by atoms with E-state index >= 15 is 0 Å². The predicted octanol–water partition coefficient (Wildman–Crippen LogP) is 14.8. The lowest BCUT2D eigenvalue weighted by molar-refractivity contribution is -0.170. The average Bonchev–Trinajstić information content (AvgIpc) is 3.35. The maximum atomic E-state index is 13.1. The van der Waals surface area contributed by atoms with Crippen LogP contribution >= 0.6 is 0 Å². The number of unbranched alkanes of at least 4 members (excludes halogenated alkanes) is 8.